The Bertz CT molecular complexity index is 612. The highest BCUT2D eigenvalue weighted by molar-refractivity contribution is 6.30. The van der Waals surface area contributed by atoms with E-state index < -0.39 is 4.92 Å². The summed E-state index contributed by atoms with van der Waals surface area (Å²) in [5.41, 5.74) is 4.19. The molecule has 5 nitrogen and oxygen atoms in total. The molecule has 19 heavy (non-hydrogen) atoms. The molecule has 2 aromatic carbocycles. The molecule has 0 radical (unpaired) electrons. The van der Waals surface area contributed by atoms with E-state index in [0.717, 1.165) is 5.56 Å². The fraction of sp³-hybridized carbons (Fsp3) is 0. The molecule has 6 heteroatoms. The highest BCUT2D eigenvalue weighted by Gasteiger charge is 2.04. The van der Waals surface area contributed by atoms with Gasteiger partial charge in [-0.15, -0.1) is 0 Å². The van der Waals surface area contributed by atoms with Crippen LogP contribution >= 0.6 is 11.6 Å². The van der Waals surface area contributed by atoms with Crippen LogP contribution in [0.25, 0.3) is 0 Å². The molecule has 2 rings (SSSR count). The third-order valence-corrected chi connectivity index (χ3v) is 2.59. The van der Waals surface area contributed by atoms with E-state index in [4.69, 9.17) is 11.6 Å². The van der Waals surface area contributed by atoms with Crippen LogP contribution in [0.1, 0.15) is 5.56 Å². The lowest BCUT2D eigenvalue weighted by Crippen LogP contribution is -1.92. The van der Waals surface area contributed by atoms with Crippen molar-refractivity contribution in [2.75, 3.05) is 5.43 Å². The zero-order chi connectivity index (χ0) is 13.7. The molecule has 0 atom stereocenters. The van der Waals surface area contributed by atoms with Crippen LogP contribution in [0, 0.1) is 10.1 Å². The largest absolute Gasteiger partial charge is 0.278 e. The zero-order valence-corrected chi connectivity index (χ0v) is 10.5. The molecule has 0 aromatic heterocycles. The van der Waals surface area contributed by atoms with Crippen molar-refractivity contribution in [3.8, 4) is 0 Å². The van der Waals surface area contributed by atoms with Crippen LogP contribution in [0.3, 0.4) is 0 Å². The number of rotatable bonds is 4. The molecule has 0 bridgehead atoms. The number of nitro benzene ring substituents is 1. The summed E-state index contributed by atoms with van der Waals surface area (Å²) >= 11 is 5.76. The van der Waals surface area contributed by atoms with Gasteiger partial charge in [-0.05, 0) is 23.8 Å². The van der Waals surface area contributed by atoms with Crippen LogP contribution in [-0.2, 0) is 0 Å². The summed E-state index contributed by atoms with van der Waals surface area (Å²) < 4.78 is 0. The minimum Gasteiger partial charge on any atom is -0.278 e. The Kier molecular flexibility index (Phi) is 4.10. The lowest BCUT2D eigenvalue weighted by Gasteiger charge is -1.99. The average Bonchev–Trinajstić information content (AvgIpc) is 2.41. The zero-order valence-electron chi connectivity index (χ0n) is 9.79. The molecule has 0 unspecified atom stereocenters. The van der Waals surface area contributed by atoms with Crippen LogP contribution < -0.4 is 5.43 Å². The molecule has 0 heterocycles. The maximum Gasteiger partial charge on any atom is 0.271 e. The van der Waals surface area contributed by atoms with Crippen molar-refractivity contribution < 1.29 is 4.92 Å². The lowest BCUT2D eigenvalue weighted by atomic mass is 10.2. The second kappa shape index (κ2) is 5.97. The number of benzene rings is 2. The van der Waals surface area contributed by atoms with Crippen molar-refractivity contribution in [3.05, 3.63) is 69.2 Å². The van der Waals surface area contributed by atoms with Gasteiger partial charge in [0.1, 0.15) is 0 Å². The SMILES string of the molecule is O=[N+]([O-])c1cccc(N/N=C\c2ccc(Cl)cc2)c1. The van der Waals surface area contributed by atoms with E-state index >= 15 is 0 Å². The van der Waals surface area contributed by atoms with Gasteiger partial charge in [-0.2, -0.15) is 5.10 Å². The molecule has 1 N–H and O–H groups in total. The van der Waals surface area contributed by atoms with E-state index in [-0.39, 0.29) is 5.69 Å². The summed E-state index contributed by atoms with van der Waals surface area (Å²) in [6.07, 6.45) is 1.61. The third-order valence-electron chi connectivity index (χ3n) is 2.33. The lowest BCUT2D eigenvalue weighted by molar-refractivity contribution is -0.384. The predicted molar refractivity (Wildman–Crippen MR) is 75.8 cm³/mol. The summed E-state index contributed by atoms with van der Waals surface area (Å²) in [6.45, 7) is 0. The molecule has 96 valence electrons. The minimum atomic E-state index is -0.450. The summed E-state index contributed by atoms with van der Waals surface area (Å²) in [7, 11) is 0. The highest BCUT2D eigenvalue weighted by Crippen LogP contribution is 2.16. The molecule has 0 aliphatic rings. The minimum absolute atomic E-state index is 0.0201. The number of hydrazone groups is 1. The van der Waals surface area contributed by atoms with Crippen LogP contribution in [0.4, 0.5) is 11.4 Å². The Morgan fingerprint density at radius 1 is 1.21 bits per heavy atom. The Labute approximate surface area is 114 Å². The molecule has 0 saturated heterocycles. The molecular weight excluding hydrogens is 266 g/mol. The monoisotopic (exact) mass is 275 g/mol. The molecule has 0 saturated carbocycles. The average molecular weight is 276 g/mol. The number of non-ortho nitro benzene ring substituents is 1. The van der Waals surface area contributed by atoms with Crippen LogP contribution in [0.15, 0.2) is 53.6 Å². The Morgan fingerprint density at radius 3 is 2.63 bits per heavy atom. The molecule has 0 aliphatic carbocycles. The van der Waals surface area contributed by atoms with Crippen molar-refractivity contribution in [1.29, 1.82) is 0 Å². The van der Waals surface area contributed by atoms with Gasteiger partial charge in [0.2, 0.25) is 0 Å². The molecule has 2 aromatic rings. The van der Waals surface area contributed by atoms with Crippen molar-refractivity contribution in [3.63, 3.8) is 0 Å². The molecule has 0 amide bonds. The number of nitrogens with zero attached hydrogens (tertiary/aromatic N) is 2. The number of hydrogen-bond donors (Lipinski definition) is 1. The molecular formula is C13H10ClN3O2. The van der Waals surface area contributed by atoms with Crippen LogP contribution in [-0.4, -0.2) is 11.1 Å². The van der Waals surface area contributed by atoms with Gasteiger partial charge in [0.25, 0.3) is 5.69 Å². The number of nitrogens with one attached hydrogen (secondary N) is 1. The Morgan fingerprint density at radius 2 is 1.95 bits per heavy atom. The standard InChI is InChI=1S/C13H10ClN3O2/c14-11-6-4-10(5-7-11)9-15-16-12-2-1-3-13(8-12)17(18)19/h1-9,16H/b15-9-. The molecule has 0 fully saturated rings. The smallest absolute Gasteiger partial charge is 0.271 e. The van der Waals surface area contributed by atoms with Crippen molar-refractivity contribution >= 4 is 29.2 Å². The summed E-state index contributed by atoms with van der Waals surface area (Å²) in [5, 5.41) is 15.3. The maximum absolute atomic E-state index is 10.6. The highest BCUT2D eigenvalue weighted by atomic mass is 35.5. The summed E-state index contributed by atoms with van der Waals surface area (Å²) in [4.78, 5) is 10.2. The first-order valence-corrected chi connectivity index (χ1v) is 5.82. The summed E-state index contributed by atoms with van der Waals surface area (Å²) in [6, 6.07) is 13.3. The third kappa shape index (κ3) is 3.79. The van der Waals surface area contributed by atoms with E-state index in [2.05, 4.69) is 10.5 Å². The Balaban J connectivity index is 2.04. The first kappa shape index (κ1) is 13.0. The first-order valence-electron chi connectivity index (χ1n) is 5.44. The van der Waals surface area contributed by atoms with E-state index in [9.17, 15) is 10.1 Å². The van der Waals surface area contributed by atoms with Gasteiger partial charge in [-0.1, -0.05) is 29.8 Å². The first-order chi connectivity index (χ1) is 9.15. The van der Waals surface area contributed by atoms with E-state index in [1.807, 2.05) is 12.1 Å². The quantitative estimate of drug-likeness (QED) is 0.525. The Hall–Kier alpha value is -2.40. The second-order valence-electron chi connectivity index (χ2n) is 3.73. The molecule has 0 aliphatic heterocycles. The van der Waals surface area contributed by atoms with Crippen molar-refractivity contribution in [1.82, 2.24) is 0 Å². The van der Waals surface area contributed by atoms with E-state index in [0.29, 0.717) is 10.7 Å². The normalized spacial score (nSPS) is 10.6. The second-order valence-corrected chi connectivity index (χ2v) is 4.17. The number of hydrogen-bond acceptors (Lipinski definition) is 4. The van der Waals surface area contributed by atoms with Gasteiger partial charge in [-0.25, -0.2) is 0 Å². The van der Waals surface area contributed by atoms with Crippen LogP contribution in [0.5, 0.6) is 0 Å². The van der Waals surface area contributed by atoms with Gasteiger partial charge in [0.15, 0.2) is 0 Å². The van der Waals surface area contributed by atoms with Gasteiger partial charge < -0.3 is 0 Å². The van der Waals surface area contributed by atoms with E-state index in [1.165, 1.54) is 12.1 Å². The van der Waals surface area contributed by atoms with Crippen molar-refractivity contribution in [2.45, 2.75) is 0 Å². The van der Waals surface area contributed by atoms with Gasteiger partial charge in [0, 0.05) is 17.2 Å². The maximum atomic E-state index is 10.6. The number of halogens is 1. The topological polar surface area (TPSA) is 67.5 Å². The van der Waals surface area contributed by atoms with E-state index in [1.54, 1.807) is 30.5 Å². The fourth-order valence-corrected chi connectivity index (χ4v) is 1.55. The fourth-order valence-electron chi connectivity index (χ4n) is 1.42. The van der Waals surface area contributed by atoms with Crippen LogP contribution in [0.2, 0.25) is 5.02 Å². The number of anilines is 1. The van der Waals surface area contributed by atoms with Gasteiger partial charge >= 0.3 is 0 Å². The molecule has 0 spiro atoms. The summed E-state index contributed by atoms with van der Waals surface area (Å²) in [5.74, 6) is 0. The van der Waals surface area contributed by atoms with Crippen molar-refractivity contribution in [2.24, 2.45) is 5.10 Å². The number of nitro groups is 1. The van der Waals surface area contributed by atoms with Gasteiger partial charge in [-0.3, -0.25) is 15.5 Å². The van der Waals surface area contributed by atoms with Gasteiger partial charge in [0.05, 0.1) is 16.8 Å². The predicted octanol–water partition coefficient (Wildman–Crippen LogP) is 3.69.